The van der Waals surface area contributed by atoms with Gasteiger partial charge < -0.3 is 4.90 Å². The fraction of sp³-hybridized carbons (Fsp3) is 0.235. The van der Waals surface area contributed by atoms with Crippen molar-refractivity contribution in [3.05, 3.63) is 71.8 Å². The van der Waals surface area contributed by atoms with Crippen LogP contribution in [0.2, 0.25) is 0 Å². The fourth-order valence-corrected chi connectivity index (χ4v) is 3.39. The van der Waals surface area contributed by atoms with Crippen molar-refractivity contribution in [3.63, 3.8) is 0 Å². The van der Waals surface area contributed by atoms with Crippen molar-refractivity contribution in [2.75, 3.05) is 13.3 Å². The lowest BCUT2D eigenvalue weighted by Crippen LogP contribution is -2.25. The quantitative estimate of drug-likeness (QED) is 0.823. The van der Waals surface area contributed by atoms with Crippen molar-refractivity contribution in [2.24, 2.45) is 4.99 Å². The molecule has 0 radical (unpaired) electrons. The van der Waals surface area contributed by atoms with E-state index in [1.807, 2.05) is 0 Å². The number of hydrogen-bond donors (Lipinski definition) is 0. The monoisotopic (exact) mass is 282 g/mol. The summed E-state index contributed by atoms with van der Waals surface area (Å²) in [6.45, 7) is 0. The SMILES string of the molecule is CSC1=N[C@H](c2ccccc2)[C@H](c2ccccc2)N1C. The number of rotatable bonds is 2. The van der Waals surface area contributed by atoms with E-state index in [1.54, 1.807) is 11.8 Å². The molecule has 0 amide bonds. The summed E-state index contributed by atoms with van der Waals surface area (Å²) in [5, 5.41) is 1.10. The van der Waals surface area contributed by atoms with Gasteiger partial charge in [-0.05, 0) is 17.4 Å². The number of likely N-dealkylation sites (N-methyl/N-ethyl adjacent to an activating group) is 1. The number of benzene rings is 2. The molecule has 1 aliphatic rings. The zero-order valence-corrected chi connectivity index (χ0v) is 12.5. The van der Waals surface area contributed by atoms with Crippen molar-refractivity contribution in [1.82, 2.24) is 4.90 Å². The Hall–Kier alpha value is -1.74. The zero-order chi connectivity index (χ0) is 13.9. The Bertz CT molecular complexity index is 595. The predicted octanol–water partition coefficient (Wildman–Crippen LogP) is 4.13. The van der Waals surface area contributed by atoms with Gasteiger partial charge in [-0.1, -0.05) is 72.4 Å². The standard InChI is InChI=1S/C17H18N2S/c1-19-16(14-11-7-4-8-12-14)15(18-17(19)20-2)13-9-5-3-6-10-13/h3-12,15-16H,1-2H3/t15-,16+/m1/s1. The Morgan fingerprint density at radius 2 is 1.45 bits per heavy atom. The Morgan fingerprint density at radius 3 is 2.00 bits per heavy atom. The smallest absolute Gasteiger partial charge is 0.159 e. The van der Waals surface area contributed by atoms with E-state index >= 15 is 0 Å². The van der Waals surface area contributed by atoms with Crippen molar-refractivity contribution in [3.8, 4) is 0 Å². The highest BCUT2D eigenvalue weighted by atomic mass is 32.2. The van der Waals surface area contributed by atoms with Crippen LogP contribution in [0.5, 0.6) is 0 Å². The summed E-state index contributed by atoms with van der Waals surface area (Å²) in [6, 6.07) is 21.7. The molecule has 1 aliphatic heterocycles. The molecule has 1 heterocycles. The highest BCUT2D eigenvalue weighted by molar-refractivity contribution is 8.13. The first kappa shape index (κ1) is 13.3. The lowest BCUT2D eigenvalue weighted by molar-refractivity contribution is 0.367. The van der Waals surface area contributed by atoms with E-state index in [-0.39, 0.29) is 12.1 Å². The van der Waals surface area contributed by atoms with Crippen molar-refractivity contribution < 1.29 is 0 Å². The molecule has 3 rings (SSSR count). The third-order valence-electron chi connectivity index (χ3n) is 3.73. The normalized spacial score (nSPS) is 21.9. The van der Waals surface area contributed by atoms with Crippen LogP contribution in [0.3, 0.4) is 0 Å². The predicted molar refractivity (Wildman–Crippen MR) is 87.1 cm³/mol. The number of aliphatic imine (C=N–C) groups is 1. The molecular formula is C17H18N2S. The highest BCUT2D eigenvalue weighted by Gasteiger charge is 2.35. The van der Waals surface area contributed by atoms with E-state index < -0.39 is 0 Å². The molecule has 102 valence electrons. The van der Waals surface area contributed by atoms with E-state index in [2.05, 4.69) is 78.9 Å². The molecule has 2 atom stereocenters. The van der Waals surface area contributed by atoms with Crippen LogP contribution in [0, 0.1) is 0 Å². The maximum Gasteiger partial charge on any atom is 0.159 e. The first-order valence-corrected chi connectivity index (χ1v) is 7.98. The van der Waals surface area contributed by atoms with Crippen LogP contribution in [0.25, 0.3) is 0 Å². The topological polar surface area (TPSA) is 15.6 Å². The van der Waals surface area contributed by atoms with Crippen LogP contribution in [0.4, 0.5) is 0 Å². The minimum Gasteiger partial charge on any atom is -0.345 e. The van der Waals surface area contributed by atoms with Crippen molar-refractivity contribution >= 4 is 16.9 Å². The number of thioether (sulfide) groups is 1. The molecule has 0 N–H and O–H groups in total. The molecule has 0 aromatic heterocycles. The molecule has 3 heteroatoms. The van der Waals surface area contributed by atoms with Crippen LogP contribution in [0.15, 0.2) is 65.7 Å². The maximum absolute atomic E-state index is 4.92. The summed E-state index contributed by atoms with van der Waals surface area (Å²) in [7, 11) is 2.13. The van der Waals surface area contributed by atoms with Gasteiger partial charge in [0.15, 0.2) is 5.17 Å². The molecule has 0 unspecified atom stereocenters. The summed E-state index contributed by atoms with van der Waals surface area (Å²) in [5.41, 5.74) is 2.59. The summed E-state index contributed by atoms with van der Waals surface area (Å²) in [4.78, 5) is 7.21. The average molecular weight is 282 g/mol. The first-order valence-electron chi connectivity index (χ1n) is 6.76. The van der Waals surface area contributed by atoms with E-state index in [9.17, 15) is 0 Å². The number of nitrogens with zero attached hydrogens (tertiary/aromatic N) is 2. The second kappa shape index (κ2) is 5.71. The van der Waals surface area contributed by atoms with Crippen molar-refractivity contribution in [1.29, 1.82) is 0 Å². The Labute approximate surface area is 124 Å². The van der Waals surface area contributed by atoms with Crippen LogP contribution < -0.4 is 0 Å². The van der Waals surface area contributed by atoms with Gasteiger partial charge in [-0.25, -0.2) is 0 Å². The molecular weight excluding hydrogens is 264 g/mol. The van der Waals surface area contributed by atoms with E-state index in [0.29, 0.717) is 0 Å². The summed E-state index contributed by atoms with van der Waals surface area (Å²) in [5.74, 6) is 0. The average Bonchev–Trinajstić information content (AvgIpc) is 2.86. The molecule has 2 aromatic rings. The van der Waals surface area contributed by atoms with Crippen molar-refractivity contribution in [2.45, 2.75) is 12.1 Å². The lowest BCUT2D eigenvalue weighted by Gasteiger charge is -2.27. The third kappa shape index (κ3) is 2.34. The van der Waals surface area contributed by atoms with Gasteiger partial charge in [0, 0.05) is 7.05 Å². The molecule has 0 saturated carbocycles. The molecule has 0 aliphatic carbocycles. The van der Waals surface area contributed by atoms with Gasteiger partial charge in [-0.15, -0.1) is 0 Å². The minimum atomic E-state index is 0.172. The van der Waals surface area contributed by atoms with E-state index in [1.165, 1.54) is 11.1 Å². The minimum absolute atomic E-state index is 0.172. The van der Waals surface area contributed by atoms with Crippen LogP contribution >= 0.6 is 11.8 Å². The Kier molecular flexibility index (Phi) is 3.79. The third-order valence-corrected chi connectivity index (χ3v) is 4.49. The van der Waals surface area contributed by atoms with Gasteiger partial charge in [0.1, 0.15) is 6.04 Å². The summed E-state index contributed by atoms with van der Waals surface area (Å²) in [6.07, 6.45) is 2.09. The molecule has 2 aromatic carbocycles. The first-order chi connectivity index (χ1) is 9.81. The second-order valence-corrected chi connectivity index (χ2v) is 5.71. The van der Waals surface area contributed by atoms with Crippen LogP contribution in [-0.4, -0.2) is 23.4 Å². The zero-order valence-electron chi connectivity index (χ0n) is 11.7. The molecule has 0 bridgehead atoms. The van der Waals surface area contributed by atoms with Crippen LogP contribution in [-0.2, 0) is 0 Å². The van der Waals surface area contributed by atoms with Gasteiger partial charge in [-0.2, -0.15) is 0 Å². The van der Waals surface area contributed by atoms with E-state index in [0.717, 1.165) is 5.17 Å². The van der Waals surface area contributed by atoms with E-state index in [4.69, 9.17) is 4.99 Å². The second-order valence-electron chi connectivity index (χ2n) is 4.94. The Morgan fingerprint density at radius 1 is 0.900 bits per heavy atom. The molecule has 0 saturated heterocycles. The van der Waals surface area contributed by atoms with Gasteiger partial charge >= 0.3 is 0 Å². The number of amidine groups is 1. The number of hydrogen-bond acceptors (Lipinski definition) is 3. The summed E-state index contributed by atoms with van der Waals surface area (Å²) < 4.78 is 0. The van der Waals surface area contributed by atoms with Gasteiger partial charge in [0.05, 0.1) is 6.04 Å². The van der Waals surface area contributed by atoms with Gasteiger partial charge in [0.25, 0.3) is 0 Å². The Balaban J connectivity index is 2.03. The van der Waals surface area contributed by atoms with Gasteiger partial charge in [-0.3, -0.25) is 4.99 Å². The molecule has 2 nitrogen and oxygen atoms in total. The largest absolute Gasteiger partial charge is 0.345 e. The van der Waals surface area contributed by atoms with Crippen LogP contribution in [0.1, 0.15) is 23.2 Å². The fourth-order valence-electron chi connectivity index (χ4n) is 2.77. The molecule has 20 heavy (non-hydrogen) atoms. The highest BCUT2D eigenvalue weighted by Crippen LogP contribution is 2.42. The lowest BCUT2D eigenvalue weighted by atomic mass is 9.94. The van der Waals surface area contributed by atoms with Gasteiger partial charge in [0.2, 0.25) is 0 Å². The molecule has 0 fully saturated rings. The molecule has 0 spiro atoms. The summed E-state index contributed by atoms with van der Waals surface area (Å²) >= 11 is 1.71. The maximum atomic E-state index is 4.92.